The van der Waals surface area contributed by atoms with Gasteiger partial charge < -0.3 is 4.74 Å². The highest BCUT2D eigenvalue weighted by atomic mass is 16.5. The number of ether oxygens (including phenoxy) is 1. The van der Waals surface area contributed by atoms with Crippen molar-refractivity contribution in [3.8, 4) is 0 Å². The predicted octanol–water partition coefficient (Wildman–Crippen LogP) is 2.04. The molecule has 78 valence electrons. The Morgan fingerprint density at radius 2 is 2.43 bits per heavy atom. The fraction of sp³-hybridized carbons (Fsp3) is 0.727. The van der Waals surface area contributed by atoms with E-state index < -0.39 is 0 Å². The quantitative estimate of drug-likeness (QED) is 0.507. The van der Waals surface area contributed by atoms with Crippen molar-refractivity contribution in [2.75, 3.05) is 6.54 Å². The van der Waals surface area contributed by atoms with Gasteiger partial charge in [0.2, 0.25) is 5.91 Å². The van der Waals surface area contributed by atoms with Gasteiger partial charge in [-0.15, -0.1) is 0 Å². The van der Waals surface area contributed by atoms with Crippen LogP contribution in [0, 0.1) is 0 Å². The molecule has 1 amide bonds. The highest BCUT2D eigenvalue weighted by Crippen LogP contribution is 2.30. The van der Waals surface area contributed by atoms with Gasteiger partial charge in [0.1, 0.15) is 5.76 Å². The van der Waals surface area contributed by atoms with Crippen molar-refractivity contribution in [1.29, 1.82) is 0 Å². The van der Waals surface area contributed by atoms with E-state index in [0.29, 0.717) is 13.0 Å². The van der Waals surface area contributed by atoms with Crippen LogP contribution in [0.15, 0.2) is 11.8 Å². The smallest absolute Gasteiger partial charge is 0.231 e. The zero-order valence-corrected chi connectivity index (χ0v) is 8.66. The predicted molar refractivity (Wildman–Crippen MR) is 53.4 cm³/mol. The molecule has 0 radical (unpaired) electrons. The molecule has 2 saturated heterocycles. The van der Waals surface area contributed by atoms with Gasteiger partial charge in [-0.25, -0.2) is 0 Å². The maximum Gasteiger partial charge on any atom is 0.231 e. The molecule has 1 atom stereocenters. The van der Waals surface area contributed by atoms with E-state index in [1.165, 1.54) is 19.3 Å². The van der Waals surface area contributed by atoms with Gasteiger partial charge in [-0.3, -0.25) is 9.69 Å². The molecule has 0 aliphatic carbocycles. The molecule has 14 heavy (non-hydrogen) atoms. The number of β-lactam (4-membered cyclic amide) rings is 1. The summed E-state index contributed by atoms with van der Waals surface area (Å²) < 4.78 is 5.58. The summed E-state index contributed by atoms with van der Waals surface area (Å²) in [6, 6.07) is 0. The molecule has 2 rings (SSSR count). The third-order valence-electron chi connectivity index (χ3n) is 2.81. The minimum absolute atomic E-state index is 0.0694. The van der Waals surface area contributed by atoms with Gasteiger partial charge in [-0.05, 0) is 18.9 Å². The van der Waals surface area contributed by atoms with Crippen LogP contribution in [-0.4, -0.2) is 23.6 Å². The number of allylic oxidation sites excluding steroid dienone is 1. The molecule has 0 aromatic carbocycles. The van der Waals surface area contributed by atoms with Crippen LogP contribution in [0.3, 0.4) is 0 Å². The molecule has 2 aliphatic heterocycles. The molecule has 0 aromatic heterocycles. The van der Waals surface area contributed by atoms with Crippen molar-refractivity contribution in [2.24, 2.45) is 0 Å². The molecule has 0 saturated carbocycles. The van der Waals surface area contributed by atoms with Crippen LogP contribution >= 0.6 is 0 Å². The summed E-state index contributed by atoms with van der Waals surface area (Å²) in [4.78, 5) is 12.8. The van der Waals surface area contributed by atoms with Crippen LogP contribution in [-0.2, 0) is 9.53 Å². The molecule has 0 aromatic rings. The minimum Gasteiger partial charge on any atom is -0.473 e. The Bertz CT molecular complexity index is 260. The van der Waals surface area contributed by atoms with Crippen LogP contribution < -0.4 is 0 Å². The average molecular weight is 195 g/mol. The molecule has 3 nitrogen and oxygen atoms in total. The first-order valence-corrected chi connectivity index (χ1v) is 5.46. The van der Waals surface area contributed by atoms with E-state index in [9.17, 15) is 4.79 Å². The molecule has 2 aliphatic rings. The van der Waals surface area contributed by atoms with Crippen molar-refractivity contribution in [3.63, 3.8) is 0 Å². The van der Waals surface area contributed by atoms with Gasteiger partial charge >= 0.3 is 0 Å². The molecular weight excluding hydrogens is 178 g/mol. The number of fused-ring (bicyclic) bond motifs is 1. The third-order valence-corrected chi connectivity index (χ3v) is 2.81. The third kappa shape index (κ3) is 1.76. The topological polar surface area (TPSA) is 29.5 Å². The Morgan fingerprint density at radius 1 is 1.57 bits per heavy atom. The van der Waals surface area contributed by atoms with Crippen molar-refractivity contribution in [1.82, 2.24) is 4.90 Å². The zero-order chi connectivity index (χ0) is 9.97. The van der Waals surface area contributed by atoms with E-state index in [4.69, 9.17) is 4.74 Å². The summed E-state index contributed by atoms with van der Waals surface area (Å²) in [5.41, 5.74) is 0. The normalized spacial score (nSPS) is 27.5. The van der Waals surface area contributed by atoms with Crippen LogP contribution in [0.2, 0.25) is 0 Å². The Balaban J connectivity index is 1.75. The summed E-state index contributed by atoms with van der Waals surface area (Å²) in [7, 11) is 0. The lowest BCUT2D eigenvalue weighted by Crippen LogP contribution is -2.48. The Hall–Kier alpha value is -0.990. The SMILES string of the molecule is CCCCC/C=C1/CN2C(=O)CC2O1. The van der Waals surface area contributed by atoms with E-state index in [2.05, 4.69) is 13.0 Å². The van der Waals surface area contributed by atoms with E-state index >= 15 is 0 Å². The van der Waals surface area contributed by atoms with Gasteiger partial charge in [0.15, 0.2) is 6.23 Å². The molecule has 3 heteroatoms. The maximum atomic E-state index is 11.1. The Kier molecular flexibility index (Phi) is 2.75. The zero-order valence-electron chi connectivity index (χ0n) is 8.66. The number of amides is 1. The summed E-state index contributed by atoms with van der Waals surface area (Å²) in [5, 5.41) is 0. The van der Waals surface area contributed by atoms with Crippen molar-refractivity contribution >= 4 is 5.91 Å². The van der Waals surface area contributed by atoms with Crippen molar-refractivity contribution in [3.05, 3.63) is 11.8 Å². The van der Waals surface area contributed by atoms with Crippen LogP contribution in [0.1, 0.15) is 39.0 Å². The number of rotatable bonds is 4. The second-order valence-electron chi connectivity index (χ2n) is 3.96. The number of unbranched alkanes of at least 4 members (excludes halogenated alkanes) is 3. The summed E-state index contributed by atoms with van der Waals surface area (Å²) in [5.74, 6) is 1.23. The number of hydrogen-bond acceptors (Lipinski definition) is 2. The monoisotopic (exact) mass is 195 g/mol. The van der Waals surface area contributed by atoms with Crippen LogP contribution in [0.5, 0.6) is 0 Å². The minimum atomic E-state index is 0.0694. The first-order valence-electron chi connectivity index (χ1n) is 5.46. The largest absolute Gasteiger partial charge is 0.473 e. The summed E-state index contributed by atoms with van der Waals surface area (Å²) >= 11 is 0. The molecule has 0 spiro atoms. The number of nitrogens with zero attached hydrogens (tertiary/aromatic N) is 1. The van der Waals surface area contributed by atoms with Gasteiger partial charge in [0, 0.05) is 0 Å². The molecule has 0 N–H and O–H groups in total. The summed E-state index contributed by atoms with van der Waals surface area (Å²) in [6.45, 7) is 2.90. The maximum absolute atomic E-state index is 11.1. The molecule has 1 unspecified atom stereocenters. The van der Waals surface area contributed by atoms with Crippen molar-refractivity contribution in [2.45, 2.75) is 45.3 Å². The molecule has 0 bridgehead atoms. The Morgan fingerprint density at radius 3 is 3.07 bits per heavy atom. The first kappa shape index (κ1) is 9.56. The van der Waals surface area contributed by atoms with Crippen LogP contribution in [0.25, 0.3) is 0 Å². The van der Waals surface area contributed by atoms with E-state index in [1.54, 1.807) is 4.90 Å². The second kappa shape index (κ2) is 4.03. The average Bonchev–Trinajstić information content (AvgIpc) is 2.50. The number of carbonyl (C=O) groups excluding carboxylic acids is 1. The van der Waals surface area contributed by atoms with E-state index in [0.717, 1.165) is 12.2 Å². The summed E-state index contributed by atoms with van der Waals surface area (Å²) in [6.07, 6.45) is 7.61. The van der Waals surface area contributed by atoms with Crippen molar-refractivity contribution < 1.29 is 9.53 Å². The molecular formula is C11H17NO2. The fourth-order valence-corrected chi connectivity index (χ4v) is 1.87. The lowest BCUT2D eigenvalue weighted by atomic mass is 10.2. The first-order chi connectivity index (χ1) is 6.81. The lowest BCUT2D eigenvalue weighted by molar-refractivity contribution is -0.154. The standard InChI is InChI=1S/C11H17NO2/c1-2-3-4-5-6-9-8-12-10(13)7-11(12)14-9/h6,11H,2-5,7-8H2,1H3/b9-6-. The second-order valence-corrected chi connectivity index (χ2v) is 3.96. The number of hydrogen-bond donors (Lipinski definition) is 0. The van der Waals surface area contributed by atoms with E-state index in [-0.39, 0.29) is 12.1 Å². The van der Waals surface area contributed by atoms with Gasteiger partial charge in [-0.1, -0.05) is 19.8 Å². The molecule has 2 heterocycles. The lowest BCUT2D eigenvalue weighted by Gasteiger charge is -2.30. The molecule has 2 fully saturated rings. The fourth-order valence-electron chi connectivity index (χ4n) is 1.87. The van der Waals surface area contributed by atoms with Gasteiger partial charge in [0.25, 0.3) is 0 Å². The Labute approximate surface area is 84.7 Å². The van der Waals surface area contributed by atoms with Gasteiger partial charge in [-0.2, -0.15) is 0 Å². The number of carbonyl (C=O) groups is 1. The highest BCUT2D eigenvalue weighted by molar-refractivity contribution is 5.83. The highest BCUT2D eigenvalue weighted by Gasteiger charge is 2.43. The van der Waals surface area contributed by atoms with Gasteiger partial charge in [0.05, 0.1) is 13.0 Å². The van der Waals surface area contributed by atoms with Crippen LogP contribution in [0.4, 0.5) is 0 Å². The van der Waals surface area contributed by atoms with E-state index in [1.807, 2.05) is 0 Å².